The van der Waals surface area contributed by atoms with Gasteiger partial charge in [0.25, 0.3) is 0 Å². The number of aromatic nitrogens is 1. The van der Waals surface area contributed by atoms with Crippen molar-refractivity contribution in [2.45, 2.75) is 81.6 Å². The average molecular weight is 640 g/mol. The molecule has 1 saturated carbocycles. The zero-order valence-electron chi connectivity index (χ0n) is 25.2. The van der Waals surface area contributed by atoms with Gasteiger partial charge in [-0.1, -0.05) is 44.5 Å². The molecule has 9 nitrogen and oxygen atoms in total. The molecule has 0 unspecified atom stereocenters. The minimum absolute atomic E-state index is 0.0323. The van der Waals surface area contributed by atoms with Crippen LogP contribution in [0.25, 0.3) is 10.9 Å². The molecule has 1 fully saturated rings. The quantitative estimate of drug-likeness (QED) is 0.235. The van der Waals surface area contributed by atoms with E-state index in [0.717, 1.165) is 22.2 Å². The molecule has 238 valence electrons. The molecule has 12 heteroatoms. The molecule has 2 N–H and O–H groups in total. The molecule has 45 heavy (non-hydrogen) atoms. The number of aliphatic hydroxyl groups is 1. The van der Waals surface area contributed by atoms with Crippen molar-refractivity contribution in [2.24, 2.45) is 0 Å². The van der Waals surface area contributed by atoms with E-state index in [4.69, 9.17) is 0 Å². The van der Waals surface area contributed by atoms with Crippen LogP contribution in [0.15, 0.2) is 65.6 Å². The summed E-state index contributed by atoms with van der Waals surface area (Å²) in [4.78, 5) is 13.2. The molecule has 0 radical (unpaired) electrons. The molecular formula is C33H33F2N2O7S-. The molecule has 1 aromatic heterocycles. The van der Waals surface area contributed by atoms with Gasteiger partial charge in [0.15, 0.2) is 11.5 Å². The number of carbonyl (C=O) groups excluding carboxylic acids is 1. The number of hydrogen-bond acceptors (Lipinski definition) is 7. The van der Waals surface area contributed by atoms with Crippen molar-refractivity contribution in [1.29, 1.82) is 0 Å². The lowest BCUT2D eigenvalue weighted by Gasteiger charge is -2.24. The first-order valence-corrected chi connectivity index (χ1v) is 16.0. The van der Waals surface area contributed by atoms with E-state index in [2.05, 4.69) is 14.8 Å². The second-order valence-electron chi connectivity index (χ2n) is 13.0. The number of aliphatic hydroxyl groups excluding tert-OH is 1. The molecule has 0 saturated heterocycles. The minimum Gasteiger partial charge on any atom is -0.744 e. The summed E-state index contributed by atoms with van der Waals surface area (Å²) >= 11 is 0. The van der Waals surface area contributed by atoms with E-state index in [1.165, 1.54) is 18.2 Å². The second-order valence-corrected chi connectivity index (χ2v) is 14.3. The summed E-state index contributed by atoms with van der Waals surface area (Å²) in [6.45, 7) is 8.03. The van der Waals surface area contributed by atoms with Crippen molar-refractivity contribution in [1.82, 2.24) is 4.57 Å². The Hall–Kier alpha value is -4.00. The first-order valence-electron chi connectivity index (χ1n) is 14.5. The van der Waals surface area contributed by atoms with E-state index < -0.39 is 27.9 Å². The van der Waals surface area contributed by atoms with Gasteiger partial charge in [0.1, 0.15) is 10.1 Å². The number of aryl methyl sites for hydroxylation is 1. The zero-order chi connectivity index (χ0) is 32.5. The number of rotatable bonds is 8. The largest absolute Gasteiger partial charge is 0.744 e. The van der Waals surface area contributed by atoms with E-state index in [-0.39, 0.29) is 46.2 Å². The lowest BCUT2D eigenvalue weighted by molar-refractivity contribution is -0.286. The predicted octanol–water partition coefficient (Wildman–Crippen LogP) is 5.75. The lowest BCUT2D eigenvalue weighted by atomic mass is 9.92. The number of benzene rings is 3. The molecular weight excluding hydrogens is 606 g/mol. The number of carbonyl (C=O) groups is 1. The van der Waals surface area contributed by atoms with Gasteiger partial charge >= 0.3 is 6.29 Å². The Morgan fingerprint density at radius 1 is 1.04 bits per heavy atom. The summed E-state index contributed by atoms with van der Waals surface area (Å²) in [5, 5.41) is 14.9. The monoisotopic (exact) mass is 639 g/mol. The van der Waals surface area contributed by atoms with Gasteiger partial charge in [-0.3, -0.25) is 4.79 Å². The van der Waals surface area contributed by atoms with Gasteiger partial charge < -0.3 is 29.0 Å². The molecule has 1 amide bonds. The fourth-order valence-electron chi connectivity index (χ4n) is 6.08. The Balaban J connectivity index is 1.25. The predicted molar refractivity (Wildman–Crippen MR) is 162 cm³/mol. The Kier molecular flexibility index (Phi) is 7.26. The zero-order valence-corrected chi connectivity index (χ0v) is 26.0. The highest BCUT2D eigenvalue weighted by atomic mass is 32.2. The van der Waals surface area contributed by atoms with E-state index in [9.17, 15) is 31.7 Å². The van der Waals surface area contributed by atoms with Gasteiger partial charge in [0.2, 0.25) is 5.91 Å². The number of amides is 1. The van der Waals surface area contributed by atoms with Crippen molar-refractivity contribution in [3.63, 3.8) is 0 Å². The van der Waals surface area contributed by atoms with Crippen molar-refractivity contribution in [2.75, 3.05) is 5.32 Å². The van der Waals surface area contributed by atoms with E-state index in [1.54, 1.807) is 31.2 Å². The van der Waals surface area contributed by atoms with Crippen LogP contribution in [-0.2, 0) is 38.7 Å². The van der Waals surface area contributed by atoms with Crippen LogP contribution in [0, 0.1) is 6.92 Å². The summed E-state index contributed by atoms with van der Waals surface area (Å²) < 4.78 is 73.6. The van der Waals surface area contributed by atoms with E-state index in [1.807, 2.05) is 43.5 Å². The summed E-state index contributed by atoms with van der Waals surface area (Å²) in [5.41, 5.74) is 2.67. The Morgan fingerprint density at radius 3 is 2.42 bits per heavy atom. The third-order valence-corrected chi connectivity index (χ3v) is 9.34. The Labute approximate surface area is 259 Å². The lowest BCUT2D eigenvalue weighted by Crippen LogP contribution is -2.28. The molecule has 0 spiro atoms. The SMILES string of the molecule is Cc1ccc(S(=O)(=O)[O-])c(C[C@@H](O)Cn2c(C(C)(C)C)cc3cc(NC(=O)C4(c5ccc6c(c5)OC(F)(F)O6)CC4)ccc32)c1. The van der Waals surface area contributed by atoms with Crippen LogP contribution in [0.1, 0.15) is 56.0 Å². The molecule has 1 atom stereocenters. The minimum atomic E-state index is -4.71. The van der Waals surface area contributed by atoms with Crippen molar-refractivity contribution >= 4 is 32.6 Å². The Morgan fingerprint density at radius 2 is 1.76 bits per heavy atom. The van der Waals surface area contributed by atoms with Crippen LogP contribution in [0.5, 0.6) is 11.5 Å². The summed E-state index contributed by atoms with van der Waals surface area (Å²) in [7, 11) is -4.71. The highest BCUT2D eigenvalue weighted by Gasteiger charge is 2.52. The maximum Gasteiger partial charge on any atom is 0.586 e. The van der Waals surface area contributed by atoms with Crippen molar-refractivity contribution < 1.29 is 41.1 Å². The van der Waals surface area contributed by atoms with Crippen LogP contribution in [-0.4, -0.2) is 40.9 Å². The second kappa shape index (κ2) is 10.5. The van der Waals surface area contributed by atoms with Gasteiger partial charge in [0, 0.05) is 40.7 Å². The highest BCUT2D eigenvalue weighted by Crippen LogP contribution is 2.52. The van der Waals surface area contributed by atoms with Gasteiger partial charge in [-0.15, -0.1) is 8.78 Å². The molecule has 2 heterocycles. The number of alkyl halides is 2. The normalized spacial score (nSPS) is 17.3. The number of halogens is 2. The maximum atomic E-state index is 13.5. The number of fused-ring (bicyclic) bond motifs is 2. The number of nitrogens with one attached hydrogen (secondary N) is 1. The molecule has 1 aliphatic carbocycles. The fraction of sp³-hybridized carbons (Fsp3) is 0.364. The van der Waals surface area contributed by atoms with Crippen molar-refractivity contribution in [3.8, 4) is 11.5 Å². The number of anilines is 1. The Bertz CT molecular complexity index is 1940. The number of hydrogen-bond donors (Lipinski definition) is 2. The standard InChI is InChI=1S/C33H34F2N2O7S/c1-19-5-10-28(45(40,41)42)21(13-19)15-24(38)18-37-25-8-7-23(14-20(25)16-29(37)31(2,3)4)36-30(39)32(11-12-32)22-6-9-26-27(17-22)44-33(34,35)43-26/h5-10,13-14,16-17,24,38H,11-12,15,18H2,1-4H3,(H,36,39)(H,40,41,42)/p-1/t24-/m1/s1. The summed E-state index contributed by atoms with van der Waals surface area (Å²) in [5.74, 6) is -0.449. The van der Waals surface area contributed by atoms with Gasteiger partial charge in [-0.25, -0.2) is 8.42 Å². The first kappa shape index (κ1) is 31.0. The number of ether oxygens (including phenoxy) is 2. The molecule has 4 aromatic rings. The molecule has 1 aliphatic heterocycles. The van der Waals surface area contributed by atoms with Gasteiger partial charge in [-0.2, -0.15) is 0 Å². The average Bonchev–Trinajstić information content (AvgIpc) is 3.56. The van der Waals surface area contributed by atoms with Crippen LogP contribution in [0.3, 0.4) is 0 Å². The van der Waals surface area contributed by atoms with Crippen LogP contribution in [0.4, 0.5) is 14.5 Å². The van der Waals surface area contributed by atoms with Gasteiger partial charge in [0.05, 0.1) is 16.4 Å². The summed E-state index contributed by atoms with van der Waals surface area (Å²) in [6.07, 6.45) is -3.67. The molecule has 6 rings (SSSR count). The van der Waals surface area contributed by atoms with Crippen LogP contribution in [0.2, 0.25) is 0 Å². The van der Waals surface area contributed by atoms with E-state index in [0.29, 0.717) is 24.1 Å². The van der Waals surface area contributed by atoms with Crippen molar-refractivity contribution in [3.05, 3.63) is 83.0 Å². The molecule has 2 aliphatic rings. The smallest absolute Gasteiger partial charge is 0.586 e. The third-order valence-electron chi connectivity index (χ3n) is 8.40. The van der Waals surface area contributed by atoms with E-state index >= 15 is 0 Å². The first-order chi connectivity index (χ1) is 20.9. The number of nitrogens with zero attached hydrogens (tertiary/aromatic N) is 1. The molecule has 0 bridgehead atoms. The van der Waals surface area contributed by atoms with Crippen LogP contribution >= 0.6 is 0 Å². The van der Waals surface area contributed by atoms with Crippen LogP contribution < -0.4 is 14.8 Å². The fourth-order valence-corrected chi connectivity index (χ4v) is 6.77. The summed E-state index contributed by atoms with van der Waals surface area (Å²) in [6, 6.07) is 16.3. The maximum absolute atomic E-state index is 13.5. The van der Waals surface area contributed by atoms with Gasteiger partial charge in [-0.05, 0) is 73.4 Å². The highest BCUT2D eigenvalue weighted by molar-refractivity contribution is 7.85. The molecule has 3 aromatic carbocycles. The topological polar surface area (TPSA) is 130 Å². The third kappa shape index (κ3) is 6.01.